The smallest absolute Gasteiger partial charge is 0.142 e. The van der Waals surface area contributed by atoms with Crippen molar-refractivity contribution in [2.45, 2.75) is 6.92 Å². The van der Waals surface area contributed by atoms with Crippen molar-refractivity contribution >= 4 is 5.69 Å². The molecule has 112 valence electrons. The molecular formula is C18H19N3O. The standard InChI is InChI=1S/C18H19N3O/c1-12-17(13-8-10-14(11-9-13)21(2)3)20-18(19-12)15-6-4-5-7-16(15)22/h4-11,22H,1-3H3,(H,19,20). The molecule has 2 N–H and O–H groups in total. The maximum Gasteiger partial charge on any atom is 0.142 e. The summed E-state index contributed by atoms with van der Waals surface area (Å²) >= 11 is 0. The van der Waals surface area contributed by atoms with Crippen LogP contribution in [0.2, 0.25) is 0 Å². The monoisotopic (exact) mass is 293 g/mol. The van der Waals surface area contributed by atoms with Crippen LogP contribution in [-0.4, -0.2) is 29.2 Å². The summed E-state index contributed by atoms with van der Waals surface area (Å²) in [6.07, 6.45) is 0. The number of nitrogens with zero attached hydrogens (tertiary/aromatic N) is 2. The van der Waals surface area contributed by atoms with Crippen LogP contribution in [0, 0.1) is 6.92 Å². The van der Waals surface area contributed by atoms with Crippen molar-refractivity contribution in [2.24, 2.45) is 0 Å². The fraction of sp³-hybridized carbons (Fsp3) is 0.167. The molecule has 0 bridgehead atoms. The molecule has 0 atom stereocenters. The second kappa shape index (κ2) is 5.56. The zero-order valence-corrected chi connectivity index (χ0v) is 13.0. The van der Waals surface area contributed by atoms with Gasteiger partial charge in [0.15, 0.2) is 0 Å². The number of para-hydroxylation sites is 1. The number of imidazole rings is 1. The molecular weight excluding hydrogens is 274 g/mol. The van der Waals surface area contributed by atoms with E-state index in [-0.39, 0.29) is 5.75 Å². The highest BCUT2D eigenvalue weighted by molar-refractivity contribution is 5.71. The number of H-pyrrole nitrogens is 1. The van der Waals surface area contributed by atoms with Crippen LogP contribution in [0.5, 0.6) is 5.75 Å². The van der Waals surface area contributed by atoms with Gasteiger partial charge in [-0.1, -0.05) is 24.3 Å². The lowest BCUT2D eigenvalue weighted by atomic mass is 10.1. The van der Waals surface area contributed by atoms with E-state index in [1.54, 1.807) is 12.1 Å². The molecule has 3 rings (SSSR count). The Hall–Kier alpha value is -2.75. The van der Waals surface area contributed by atoms with Gasteiger partial charge in [0.2, 0.25) is 0 Å². The van der Waals surface area contributed by atoms with Crippen molar-refractivity contribution < 1.29 is 5.11 Å². The van der Waals surface area contributed by atoms with Gasteiger partial charge >= 0.3 is 0 Å². The molecule has 2 aromatic carbocycles. The number of hydrogen-bond acceptors (Lipinski definition) is 3. The Bertz CT molecular complexity index is 788. The van der Waals surface area contributed by atoms with Crippen LogP contribution in [0.25, 0.3) is 22.6 Å². The van der Waals surface area contributed by atoms with E-state index >= 15 is 0 Å². The van der Waals surface area contributed by atoms with E-state index in [2.05, 4.69) is 39.1 Å². The van der Waals surface area contributed by atoms with Crippen LogP contribution in [0.3, 0.4) is 0 Å². The number of phenolic OH excluding ortho intramolecular Hbond substituents is 1. The summed E-state index contributed by atoms with van der Waals surface area (Å²) in [5.41, 5.74) is 4.81. The summed E-state index contributed by atoms with van der Waals surface area (Å²) in [4.78, 5) is 9.98. The molecule has 0 aliphatic heterocycles. The molecule has 0 spiro atoms. The fourth-order valence-electron chi connectivity index (χ4n) is 2.46. The van der Waals surface area contributed by atoms with Crippen molar-refractivity contribution in [3.63, 3.8) is 0 Å². The van der Waals surface area contributed by atoms with Gasteiger partial charge in [0.05, 0.1) is 11.3 Å². The topological polar surface area (TPSA) is 52.1 Å². The molecule has 0 saturated heterocycles. The van der Waals surface area contributed by atoms with E-state index in [0.29, 0.717) is 11.4 Å². The largest absolute Gasteiger partial charge is 0.507 e. The third-order valence-corrected chi connectivity index (χ3v) is 3.70. The quantitative estimate of drug-likeness (QED) is 0.771. The number of aromatic nitrogens is 2. The second-order valence-corrected chi connectivity index (χ2v) is 5.52. The lowest BCUT2D eigenvalue weighted by molar-refractivity contribution is 0.477. The first-order valence-electron chi connectivity index (χ1n) is 7.19. The Balaban J connectivity index is 2.01. The highest BCUT2D eigenvalue weighted by atomic mass is 16.3. The summed E-state index contributed by atoms with van der Waals surface area (Å²) in [6.45, 7) is 1.99. The van der Waals surface area contributed by atoms with Gasteiger partial charge in [-0.2, -0.15) is 0 Å². The molecule has 0 radical (unpaired) electrons. The zero-order valence-electron chi connectivity index (χ0n) is 13.0. The van der Waals surface area contributed by atoms with Crippen molar-refractivity contribution in [1.29, 1.82) is 0 Å². The van der Waals surface area contributed by atoms with Crippen molar-refractivity contribution in [2.75, 3.05) is 19.0 Å². The number of aromatic hydroxyl groups is 1. The average Bonchev–Trinajstić information content (AvgIpc) is 2.89. The fourth-order valence-corrected chi connectivity index (χ4v) is 2.46. The third kappa shape index (κ3) is 2.55. The van der Waals surface area contributed by atoms with E-state index in [4.69, 9.17) is 0 Å². The summed E-state index contributed by atoms with van der Waals surface area (Å²) in [5.74, 6) is 0.910. The van der Waals surface area contributed by atoms with E-state index in [1.807, 2.05) is 33.2 Å². The van der Waals surface area contributed by atoms with Gasteiger partial charge in [-0.05, 0) is 31.2 Å². The van der Waals surface area contributed by atoms with E-state index in [1.165, 1.54) is 0 Å². The van der Waals surface area contributed by atoms with Crippen LogP contribution in [0.15, 0.2) is 48.5 Å². The molecule has 4 heteroatoms. The number of nitrogens with one attached hydrogen (secondary N) is 1. The van der Waals surface area contributed by atoms with Crippen molar-refractivity contribution in [3.8, 4) is 28.4 Å². The van der Waals surface area contributed by atoms with E-state index in [0.717, 1.165) is 22.6 Å². The Morgan fingerprint density at radius 3 is 2.32 bits per heavy atom. The van der Waals surface area contributed by atoms with E-state index in [9.17, 15) is 5.11 Å². The molecule has 0 saturated carbocycles. The van der Waals surface area contributed by atoms with Gasteiger partial charge in [0.25, 0.3) is 0 Å². The van der Waals surface area contributed by atoms with E-state index < -0.39 is 0 Å². The number of aryl methyl sites for hydroxylation is 1. The molecule has 0 amide bonds. The van der Waals surface area contributed by atoms with Gasteiger partial charge in [-0.25, -0.2) is 4.98 Å². The summed E-state index contributed by atoms with van der Waals surface area (Å²) < 4.78 is 0. The number of anilines is 1. The first kappa shape index (κ1) is 14.2. The SMILES string of the molecule is Cc1[nH]c(-c2ccccc2O)nc1-c1ccc(N(C)C)cc1. The predicted molar refractivity (Wildman–Crippen MR) is 90.2 cm³/mol. The zero-order chi connectivity index (χ0) is 15.7. The van der Waals surface area contributed by atoms with Crippen LogP contribution in [-0.2, 0) is 0 Å². The normalized spacial score (nSPS) is 10.7. The van der Waals surface area contributed by atoms with Crippen LogP contribution in [0.1, 0.15) is 5.69 Å². The van der Waals surface area contributed by atoms with Crippen LogP contribution >= 0.6 is 0 Å². The molecule has 1 heterocycles. The molecule has 0 aliphatic carbocycles. The van der Waals surface area contributed by atoms with Crippen LogP contribution in [0.4, 0.5) is 5.69 Å². The highest BCUT2D eigenvalue weighted by Crippen LogP contribution is 2.30. The van der Waals surface area contributed by atoms with Crippen molar-refractivity contribution in [1.82, 2.24) is 9.97 Å². The Morgan fingerprint density at radius 1 is 1.00 bits per heavy atom. The average molecular weight is 293 g/mol. The molecule has 22 heavy (non-hydrogen) atoms. The maximum atomic E-state index is 9.97. The molecule has 3 aromatic rings. The molecule has 0 unspecified atom stereocenters. The number of rotatable bonds is 3. The first-order valence-corrected chi connectivity index (χ1v) is 7.19. The van der Waals surface area contributed by atoms with Gasteiger partial charge in [-0.15, -0.1) is 0 Å². The Morgan fingerprint density at radius 2 is 1.68 bits per heavy atom. The number of phenols is 1. The third-order valence-electron chi connectivity index (χ3n) is 3.70. The minimum Gasteiger partial charge on any atom is -0.507 e. The maximum absolute atomic E-state index is 9.97. The summed E-state index contributed by atoms with van der Waals surface area (Å²) in [7, 11) is 4.04. The van der Waals surface area contributed by atoms with Gasteiger partial charge in [-0.3, -0.25) is 0 Å². The Labute approximate surface area is 130 Å². The second-order valence-electron chi connectivity index (χ2n) is 5.52. The molecule has 0 aliphatic rings. The van der Waals surface area contributed by atoms with Gasteiger partial charge < -0.3 is 15.0 Å². The van der Waals surface area contributed by atoms with Gasteiger partial charge in [0.1, 0.15) is 11.6 Å². The molecule has 1 aromatic heterocycles. The first-order chi connectivity index (χ1) is 10.6. The van der Waals surface area contributed by atoms with Crippen LogP contribution < -0.4 is 4.90 Å². The molecule has 0 fully saturated rings. The predicted octanol–water partition coefficient (Wildman–Crippen LogP) is 3.82. The lowest BCUT2D eigenvalue weighted by Gasteiger charge is -2.12. The number of aromatic amines is 1. The summed E-state index contributed by atoms with van der Waals surface area (Å²) in [6, 6.07) is 15.5. The van der Waals surface area contributed by atoms with Gasteiger partial charge in [0, 0.05) is 31.0 Å². The van der Waals surface area contributed by atoms with Crippen molar-refractivity contribution in [3.05, 3.63) is 54.2 Å². The minimum atomic E-state index is 0.228. The number of hydrogen-bond donors (Lipinski definition) is 2. The summed E-state index contributed by atoms with van der Waals surface area (Å²) in [5, 5.41) is 9.97. The lowest BCUT2D eigenvalue weighted by Crippen LogP contribution is -2.07. The Kier molecular flexibility index (Phi) is 3.59. The minimum absolute atomic E-state index is 0.228. The molecule has 4 nitrogen and oxygen atoms in total. The highest BCUT2D eigenvalue weighted by Gasteiger charge is 2.12. The number of benzene rings is 2.